The summed E-state index contributed by atoms with van der Waals surface area (Å²) in [5.74, 6) is 0.478. The fourth-order valence-corrected chi connectivity index (χ4v) is 3.73. The molecule has 0 saturated heterocycles. The molecule has 4 rings (SSSR count). The number of phenols is 1. The maximum atomic E-state index is 13.1. The first-order chi connectivity index (χ1) is 14.6. The van der Waals surface area contributed by atoms with Crippen molar-refractivity contribution in [2.75, 3.05) is 18.5 Å². The highest BCUT2D eigenvalue weighted by molar-refractivity contribution is 7.12. The predicted molar refractivity (Wildman–Crippen MR) is 113 cm³/mol. The molecule has 3 N–H and O–H groups in total. The summed E-state index contributed by atoms with van der Waals surface area (Å²) in [7, 11) is 0. The third-order valence-corrected chi connectivity index (χ3v) is 5.44. The molecule has 7 nitrogen and oxygen atoms in total. The number of anilines is 1. The Morgan fingerprint density at radius 1 is 1.03 bits per heavy atom. The number of carbonyl (C=O) groups excluding carboxylic acids is 2. The van der Waals surface area contributed by atoms with Crippen molar-refractivity contribution in [3.63, 3.8) is 0 Å². The van der Waals surface area contributed by atoms with Crippen LogP contribution in [0, 0.1) is 0 Å². The van der Waals surface area contributed by atoms with E-state index in [2.05, 4.69) is 10.6 Å². The normalized spacial score (nSPS) is 13.3. The van der Waals surface area contributed by atoms with Crippen LogP contribution in [-0.4, -0.2) is 36.2 Å². The summed E-state index contributed by atoms with van der Waals surface area (Å²) in [6.45, 7) is 0.844. The molecule has 2 aromatic carbocycles. The molecular weight excluding hydrogens is 404 g/mol. The first-order valence-electron chi connectivity index (χ1n) is 9.42. The van der Waals surface area contributed by atoms with Crippen molar-refractivity contribution in [3.8, 4) is 17.2 Å². The van der Waals surface area contributed by atoms with Crippen LogP contribution >= 0.6 is 11.3 Å². The van der Waals surface area contributed by atoms with Gasteiger partial charge < -0.3 is 25.2 Å². The number of nitrogens with one attached hydrogen (secondary N) is 2. The highest BCUT2D eigenvalue weighted by Crippen LogP contribution is 2.37. The monoisotopic (exact) mass is 424 g/mol. The lowest BCUT2D eigenvalue weighted by Gasteiger charge is -2.23. The number of benzene rings is 2. The molecule has 30 heavy (non-hydrogen) atoms. The average Bonchev–Trinajstić information content (AvgIpc) is 3.30. The van der Waals surface area contributed by atoms with Gasteiger partial charge >= 0.3 is 0 Å². The molecule has 0 bridgehead atoms. The van der Waals surface area contributed by atoms with E-state index in [9.17, 15) is 14.7 Å². The Balaban J connectivity index is 1.55. The van der Waals surface area contributed by atoms with Crippen LogP contribution in [0.4, 0.5) is 5.69 Å². The van der Waals surface area contributed by atoms with Gasteiger partial charge in [0.05, 0.1) is 10.6 Å². The number of carbonyl (C=O) groups is 2. The molecule has 1 aliphatic rings. The zero-order valence-electron chi connectivity index (χ0n) is 16.0. The number of aromatic hydroxyl groups is 1. The third kappa shape index (κ3) is 4.55. The van der Waals surface area contributed by atoms with E-state index in [1.165, 1.54) is 11.3 Å². The van der Waals surface area contributed by atoms with Crippen LogP contribution in [-0.2, 0) is 11.2 Å². The minimum Gasteiger partial charge on any atom is -0.508 e. The summed E-state index contributed by atoms with van der Waals surface area (Å²) >= 11 is 1.30. The van der Waals surface area contributed by atoms with Gasteiger partial charge in [0.15, 0.2) is 11.5 Å². The Kier molecular flexibility index (Phi) is 5.85. The zero-order valence-corrected chi connectivity index (χ0v) is 16.8. The lowest BCUT2D eigenvalue weighted by molar-refractivity contribution is -0.118. The van der Waals surface area contributed by atoms with E-state index >= 15 is 0 Å². The number of fused-ring (bicyclic) bond motifs is 1. The standard InChI is InChI=1S/C22H20N2O5S/c25-15-8-6-14(7-9-15)13-17(24-22(27)19-5-2-12-30-19)21(26)23-16-3-1-4-18-20(16)29-11-10-28-18/h1-9,12,17,25H,10-11,13H2,(H,23,26)(H,24,27). The highest BCUT2D eigenvalue weighted by atomic mass is 32.1. The van der Waals surface area contributed by atoms with Crippen molar-refractivity contribution in [2.24, 2.45) is 0 Å². The quantitative estimate of drug-likeness (QED) is 0.565. The van der Waals surface area contributed by atoms with Crippen LogP contribution in [0.15, 0.2) is 60.0 Å². The zero-order chi connectivity index (χ0) is 20.9. The van der Waals surface area contributed by atoms with E-state index in [0.717, 1.165) is 5.56 Å². The molecule has 0 aliphatic carbocycles. The van der Waals surface area contributed by atoms with Crippen molar-refractivity contribution < 1.29 is 24.2 Å². The maximum absolute atomic E-state index is 13.1. The number of ether oxygens (including phenoxy) is 2. The predicted octanol–water partition coefficient (Wildman–Crippen LogP) is 3.20. The molecule has 1 unspecified atom stereocenters. The van der Waals surface area contributed by atoms with Crippen LogP contribution in [0.25, 0.3) is 0 Å². The van der Waals surface area contributed by atoms with Crippen LogP contribution in [0.3, 0.4) is 0 Å². The van der Waals surface area contributed by atoms with Crippen LogP contribution in [0.5, 0.6) is 17.2 Å². The van der Waals surface area contributed by atoms with E-state index in [0.29, 0.717) is 35.3 Å². The number of phenolic OH excluding ortho intramolecular Hbond substituents is 1. The second-order valence-electron chi connectivity index (χ2n) is 6.69. The SMILES string of the molecule is O=C(NC(Cc1ccc(O)cc1)C(=O)Nc1cccc2c1OCCO2)c1cccs1. The fourth-order valence-electron chi connectivity index (χ4n) is 3.11. The third-order valence-electron chi connectivity index (χ3n) is 4.57. The summed E-state index contributed by atoms with van der Waals surface area (Å²) < 4.78 is 11.2. The summed E-state index contributed by atoms with van der Waals surface area (Å²) in [5, 5.41) is 17.0. The van der Waals surface area contributed by atoms with Gasteiger partial charge in [-0.3, -0.25) is 9.59 Å². The van der Waals surface area contributed by atoms with Crippen LogP contribution in [0.2, 0.25) is 0 Å². The molecular formula is C22H20N2O5S. The van der Waals surface area contributed by atoms with Crippen LogP contribution in [0.1, 0.15) is 15.2 Å². The molecule has 0 fully saturated rings. The van der Waals surface area contributed by atoms with Gasteiger partial charge in [0.2, 0.25) is 5.91 Å². The molecule has 0 saturated carbocycles. The summed E-state index contributed by atoms with van der Waals surface area (Å²) in [5.41, 5.74) is 1.28. The molecule has 154 valence electrons. The lowest BCUT2D eigenvalue weighted by Crippen LogP contribution is -2.45. The van der Waals surface area contributed by atoms with Crippen molar-refractivity contribution in [1.29, 1.82) is 0 Å². The maximum Gasteiger partial charge on any atom is 0.262 e. The molecule has 8 heteroatoms. The van der Waals surface area contributed by atoms with Gasteiger partial charge in [-0.2, -0.15) is 0 Å². The van der Waals surface area contributed by atoms with Gasteiger partial charge in [-0.1, -0.05) is 24.3 Å². The molecule has 0 radical (unpaired) electrons. The van der Waals surface area contributed by atoms with Crippen molar-refractivity contribution >= 4 is 28.8 Å². The van der Waals surface area contributed by atoms with E-state index in [4.69, 9.17) is 9.47 Å². The number of thiophene rings is 1. The van der Waals surface area contributed by atoms with E-state index < -0.39 is 6.04 Å². The molecule has 0 spiro atoms. The van der Waals surface area contributed by atoms with Crippen LogP contribution < -0.4 is 20.1 Å². The van der Waals surface area contributed by atoms with Gasteiger partial charge in [0.1, 0.15) is 25.0 Å². The summed E-state index contributed by atoms with van der Waals surface area (Å²) in [6, 6.07) is 14.4. The Morgan fingerprint density at radius 2 is 1.83 bits per heavy atom. The highest BCUT2D eigenvalue weighted by Gasteiger charge is 2.25. The van der Waals surface area contributed by atoms with Gasteiger partial charge in [-0.05, 0) is 41.3 Å². The smallest absolute Gasteiger partial charge is 0.262 e. The summed E-state index contributed by atoms with van der Waals surface area (Å²) in [6.07, 6.45) is 0.260. The largest absolute Gasteiger partial charge is 0.508 e. The van der Waals surface area contributed by atoms with Crippen molar-refractivity contribution in [3.05, 3.63) is 70.4 Å². The number of hydrogen-bond donors (Lipinski definition) is 3. The lowest BCUT2D eigenvalue weighted by atomic mass is 10.0. The molecule has 1 aliphatic heterocycles. The van der Waals surface area contributed by atoms with Gasteiger partial charge in [-0.25, -0.2) is 0 Å². The van der Waals surface area contributed by atoms with Crippen molar-refractivity contribution in [1.82, 2.24) is 5.32 Å². The minimum atomic E-state index is -0.829. The van der Waals surface area contributed by atoms with Crippen molar-refractivity contribution in [2.45, 2.75) is 12.5 Å². The average molecular weight is 424 g/mol. The first kappa shape index (κ1) is 19.8. The van der Waals surface area contributed by atoms with Gasteiger partial charge in [0.25, 0.3) is 5.91 Å². The Labute approximate surface area is 177 Å². The Bertz CT molecular complexity index is 1030. The number of para-hydroxylation sites is 1. The van der Waals surface area contributed by atoms with E-state index in [1.54, 1.807) is 60.0 Å². The number of hydrogen-bond acceptors (Lipinski definition) is 6. The minimum absolute atomic E-state index is 0.135. The number of rotatable bonds is 6. The van der Waals surface area contributed by atoms with Gasteiger partial charge in [-0.15, -0.1) is 11.3 Å². The second-order valence-corrected chi connectivity index (χ2v) is 7.64. The summed E-state index contributed by atoms with van der Waals surface area (Å²) in [4.78, 5) is 26.2. The Morgan fingerprint density at radius 3 is 2.60 bits per heavy atom. The molecule has 3 aromatic rings. The van der Waals surface area contributed by atoms with E-state index in [-0.39, 0.29) is 24.0 Å². The molecule has 1 aromatic heterocycles. The first-order valence-corrected chi connectivity index (χ1v) is 10.3. The topological polar surface area (TPSA) is 96.9 Å². The molecule has 2 heterocycles. The Hall–Kier alpha value is -3.52. The van der Waals surface area contributed by atoms with Gasteiger partial charge in [0, 0.05) is 6.42 Å². The fraction of sp³-hybridized carbons (Fsp3) is 0.182. The second kappa shape index (κ2) is 8.87. The molecule has 2 amide bonds. The number of amides is 2. The van der Waals surface area contributed by atoms with E-state index in [1.807, 2.05) is 0 Å². The molecule has 1 atom stereocenters.